The van der Waals surface area contributed by atoms with Gasteiger partial charge in [-0.15, -0.1) is 0 Å². The van der Waals surface area contributed by atoms with Crippen LogP contribution >= 0.6 is 0 Å². The molecule has 0 bridgehead atoms. The molecule has 1 amide bonds. The van der Waals surface area contributed by atoms with Crippen molar-refractivity contribution in [2.45, 2.75) is 32.4 Å². The van der Waals surface area contributed by atoms with E-state index < -0.39 is 0 Å². The second kappa shape index (κ2) is 9.12. The molecule has 0 saturated carbocycles. The Morgan fingerprint density at radius 1 is 1.15 bits per heavy atom. The molecule has 1 aromatic heterocycles. The van der Waals surface area contributed by atoms with Crippen LogP contribution in [0.5, 0.6) is 0 Å². The van der Waals surface area contributed by atoms with Gasteiger partial charge in [0, 0.05) is 37.6 Å². The van der Waals surface area contributed by atoms with Gasteiger partial charge in [-0.05, 0) is 55.3 Å². The summed E-state index contributed by atoms with van der Waals surface area (Å²) in [5, 5.41) is 8.90. The van der Waals surface area contributed by atoms with Crippen molar-refractivity contribution < 1.29 is 4.79 Å². The lowest BCUT2D eigenvalue weighted by Gasteiger charge is -2.22. The molecule has 0 aliphatic carbocycles. The van der Waals surface area contributed by atoms with Gasteiger partial charge in [0.1, 0.15) is 0 Å². The summed E-state index contributed by atoms with van der Waals surface area (Å²) in [7, 11) is 0. The van der Waals surface area contributed by atoms with E-state index in [0.29, 0.717) is 25.1 Å². The summed E-state index contributed by atoms with van der Waals surface area (Å²) in [5.41, 5.74) is 2.86. The summed E-state index contributed by atoms with van der Waals surface area (Å²) < 4.78 is 0. The van der Waals surface area contributed by atoms with Crippen LogP contribution in [0, 0.1) is 11.3 Å². The van der Waals surface area contributed by atoms with Crippen molar-refractivity contribution in [2.75, 3.05) is 19.6 Å². The van der Waals surface area contributed by atoms with E-state index in [0.717, 1.165) is 25.2 Å². The van der Waals surface area contributed by atoms with Crippen molar-refractivity contribution in [3.05, 3.63) is 65.5 Å². The van der Waals surface area contributed by atoms with Gasteiger partial charge in [0.25, 0.3) is 5.91 Å². The highest BCUT2D eigenvalue weighted by molar-refractivity contribution is 5.94. The molecule has 1 fully saturated rings. The highest BCUT2D eigenvalue weighted by atomic mass is 16.2. The standard InChI is InChI=1S/C21H24N4O/c22-10-4-14-25(17-19-5-3-11-23-15-19)21(26)20-8-6-18(7-9-20)16-24-12-1-2-13-24/h3,5-9,11,15H,1-2,4,12-14,16-17H2. The molecule has 3 rings (SSSR count). The fourth-order valence-corrected chi connectivity index (χ4v) is 3.28. The Morgan fingerprint density at radius 2 is 1.92 bits per heavy atom. The molecule has 0 N–H and O–H groups in total. The Bertz CT molecular complexity index is 746. The molecule has 5 nitrogen and oxygen atoms in total. The second-order valence-corrected chi connectivity index (χ2v) is 6.68. The molecular formula is C21H24N4O. The molecule has 1 saturated heterocycles. The lowest BCUT2D eigenvalue weighted by atomic mass is 10.1. The minimum atomic E-state index is -0.0446. The number of carbonyl (C=O) groups excluding carboxylic acids is 1. The first-order valence-corrected chi connectivity index (χ1v) is 9.12. The van der Waals surface area contributed by atoms with Gasteiger partial charge in [0.2, 0.25) is 0 Å². The average molecular weight is 348 g/mol. The summed E-state index contributed by atoms with van der Waals surface area (Å²) in [5.74, 6) is -0.0446. The van der Waals surface area contributed by atoms with Gasteiger partial charge in [-0.25, -0.2) is 0 Å². The number of carbonyl (C=O) groups is 1. The Morgan fingerprint density at radius 3 is 2.58 bits per heavy atom. The number of hydrogen-bond acceptors (Lipinski definition) is 4. The smallest absolute Gasteiger partial charge is 0.254 e. The van der Waals surface area contributed by atoms with Crippen LogP contribution in [-0.2, 0) is 13.1 Å². The lowest BCUT2D eigenvalue weighted by molar-refractivity contribution is 0.0746. The molecule has 0 radical (unpaired) electrons. The van der Waals surface area contributed by atoms with Crippen LogP contribution in [0.15, 0.2) is 48.8 Å². The van der Waals surface area contributed by atoms with E-state index in [1.165, 1.54) is 18.4 Å². The number of likely N-dealkylation sites (tertiary alicyclic amines) is 1. The fraction of sp³-hybridized carbons (Fsp3) is 0.381. The van der Waals surface area contributed by atoms with Crippen LogP contribution in [0.1, 0.15) is 40.7 Å². The molecule has 2 aromatic rings. The maximum atomic E-state index is 12.9. The minimum Gasteiger partial charge on any atom is -0.333 e. The first kappa shape index (κ1) is 18.1. The molecule has 0 spiro atoms. The van der Waals surface area contributed by atoms with Crippen LogP contribution in [-0.4, -0.2) is 40.3 Å². The van der Waals surface area contributed by atoms with E-state index in [4.69, 9.17) is 5.26 Å². The third-order valence-corrected chi connectivity index (χ3v) is 4.68. The van der Waals surface area contributed by atoms with E-state index in [1.54, 1.807) is 17.3 Å². The summed E-state index contributed by atoms with van der Waals surface area (Å²) in [4.78, 5) is 21.2. The van der Waals surface area contributed by atoms with E-state index in [2.05, 4.69) is 16.0 Å². The third-order valence-electron chi connectivity index (χ3n) is 4.68. The number of pyridine rings is 1. The number of nitriles is 1. The van der Waals surface area contributed by atoms with E-state index in [-0.39, 0.29) is 5.91 Å². The molecule has 26 heavy (non-hydrogen) atoms. The maximum Gasteiger partial charge on any atom is 0.254 e. The second-order valence-electron chi connectivity index (χ2n) is 6.68. The zero-order valence-corrected chi connectivity index (χ0v) is 15.0. The molecular weight excluding hydrogens is 324 g/mol. The Balaban J connectivity index is 1.67. The first-order valence-electron chi connectivity index (χ1n) is 9.12. The van der Waals surface area contributed by atoms with Crippen LogP contribution in [0.25, 0.3) is 0 Å². The van der Waals surface area contributed by atoms with Gasteiger partial charge in [-0.1, -0.05) is 18.2 Å². The Labute approximate surface area is 154 Å². The largest absolute Gasteiger partial charge is 0.333 e. The summed E-state index contributed by atoms with van der Waals surface area (Å²) in [6.07, 6.45) is 6.34. The first-order chi connectivity index (χ1) is 12.8. The van der Waals surface area contributed by atoms with Crippen LogP contribution < -0.4 is 0 Å². The minimum absolute atomic E-state index is 0.0446. The fourth-order valence-electron chi connectivity index (χ4n) is 3.28. The van der Waals surface area contributed by atoms with Crippen molar-refractivity contribution in [3.8, 4) is 6.07 Å². The third kappa shape index (κ3) is 4.90. The highest BCUT2D eigenvalue weighted by Crippen LogP contribution is 2.15. The van der Waals surface area contributed by atoms with Crippen molar-refractivity contribution in [3.63, 3.8) is 0 Å². The van der Waals surface area contributed by atoms with Gasteiger partial charge in [0.05, 0.1) is 12.5 Å². The number of rotatable bonds is 7. The normalized spacial score (nSPS) is 14.1. The van der Waals surface area contributed by atoms with Crippen molar-refractivity contribution in [1.82, 2.24) is 14.8 Å². The van der Waals surface area contributed by atoms with E-state index in [9.17, 15) is 4.79 Å². The quantitative estimate of drug-likeness (QED) is 0.771. The molecule has 134 valence electrons. The topological polar surface area (TPSA) is 60.2 Å². The van der Waals surface area contributed by atoms with Crippen molar-refractivity contribution in [1.29, 1.82) is 5.26 Å². The van der Waals surface area contributed by atoms with Gasteiger partial charge in [0.15, 0.2) is 0 Å². The Hall–Kier alpha value is -2.71. The van der Waals surface area contributed by atoms with Crippen LogP contribution in [0.2, 0.25) is 0 Å². The number of benzene rings is 1. The predicted octanol–water partition coefficient (Wildman–Crippen LogP) is 3.23. The number of hydrogen-bond donors (Lipinski definition) is 0. The molecule has 2 heterocycles. The molecule has 0 atom stereocenters. The SMILES string of the molecule is N#CCCN(Cc1cccnc1)C(=O)c1ccc(CN2CCCC2)cc1. The Kier molecular flexibility index (Phi) is 6.34. The van der Waals surface area contributed by atoms with Gasteiger partial charge in [-0.2, -0.15) is 5.26 Å². The summed E-state index contributed by atoms with van der Waals surface area (Å²) in [6.45, 7) is 4.15. The predicted molar refractivity (Wildman–Crippen MR) is 100 cm³/mol. The van der Waals surface area contributed by atoms with E-state index in [1.807, 2.05) is 36.4 Å². The zero-order chi connectivity index (χ0) is 18.2. The molecule has 1 aromatic carbocycles. The van der Waals surface area contributed by atoms with E-state index >= 15 is 0 Å². The molecule has 1 aliphatic rings. The molecule has 5 heteroatoms. The lowest BCUT2D eigenvalue weighted by Crippen LogP contribution is -2.31. The molecule has 1 aliphatic heterocycles. The van der Waals surface area contributed by atoms with Gasteiger partial charge < -0.3 is 4.90 Å². The number of nitrogens with zero attached hydrogens (tertiary/aromatic N) is 4. The summed E-state index contributed by atoms with van der Waals surface area (Å²) in [6, 6.07) is 13.8. The zero-order valence-electron chi connectivity index (χ0n) is 15.0. The van der Waals surface area contributed by atoms with Gasteiger partial charge in [-0.3, -0.25) is 14.7 Å². The number of amides is 1. The van der Waals surface area contributed by atoms with Crippen molar-refractivity contribution >= 4 is 5.91 Å². The average Bonchev–Trinajstić information content (AvgIpc) is 3.19. The highest BCUT2D eigenvalue weighted by Gasteiger charge is 2.17. The summed E-state index contributed by atoms with van der Waals surface area (Å²) >= 11 is 0. The molecule has 0 unspecified atom stereocenters. The van der Waals surface area contributed by atoms with Crippen molar-refractivity contribution in [2.24, 2.45) is 0 Å². The number of aromatic nitrogens is 1. The van der Waals surface area contributed by atoms with Crippen LogP contribution in [0.4, 0.5) is 0 Å². The maximum absolute atomic E-state index is 12.9. The monoisotopic (exact) mass is 348 g/mol. The van der Waals surface area contributed by atoms with Crippen LogP contribution in [0.3, 0.4) is 0 Å². The van der Waals surface area contributed by atoms with Gasteiger partial charge >= 0.3 is 0 Å².